The number of aromatic carboxylic acids is 1. The van der Waals surface area contributed by atoms with Crippen molar-refractivity contribution in [2.24, 2.45) is 5.92 Å². The van der Waals surface area contributed by atoms with Crippen LogP contribution in [0.3, 0.4) is 0 Å². The fourth-order valence-corrected chi connectivity index (χ4v) is 4.26. The Balaban J connectivity index is 1.71. The molecule has 1 heterocycles. The first-order valence-electron chi connectivity index (χ1n) is 9.00. The Bertz CT molecular complexity index is 957. The number of allylic oxidation sites excluding steroid dienone is 2. The summed E-state index contributed by atoms with van der Waals surface area (Å²) in [5, 5.41) is 21.7. The van der Waals surface area contributed by atoms with Gasteiger partial charge in [-0.3, -0.25) is 0 Å². The molecule has 27 heavy (non-hydrogen) atoms. The zero-order chi connectivity index (χ0) is 19.0. The van der Waals surface area contributed by atoms with Gasteiger partial charge < -0.3 is 15.2 Å². The van der Waals surface area contributed by atoms with Crippen LogP contribution < -0.4 is 10.1 Å². The molecule has 0 fully saturated rings. The van der Waals surface area contributed by atoms with E-state index in [1.165, 1.54) is 5.56 Å². The summed E-state index contributed by atoms with van der Waals surface area (Å²) in [6.45, 7) is 1.89. The molecule has 5 nitrogen and oxygen atoms in total. The molecule has 2 aromatic carbocycles. The van der Waals surface area contributed by atoms with E-state index >= 15 is 0 Å². The third-order valence-electron chi connectivity index (χ3n) is 5.57. The first-order valence-corrected chi connectivity index (χ1v) is 9.00. The molecular formula is C22H20N2O3. The molecule has 5 heteroatoms. The Morgan fingerprint density at radius 3 is 2.78 bits per heavy atom. The molecule has 0 saturated heterocycles. The molecule has 0 unspecified atom stereocenters. The first kappa shape index (κ1) is 17.2. The van der Waals surface area contributed by atoms with Gasteiger partial charge in [0.15, 0.2) is 6.61 Å². The highest BCUT2D eigenvalue weighted by molar-refractivity contribution is 5.92. The van der Waals surface area contributed by atoms with Gasteiger partial charge in [-0.25, -0.2) is 4.79 Å². The normalized spacial score (nSPS) is 22.3. The van der Waals surface area contributed by atoms with Crippen LogP contribution in [0.15, 0.2) is 48.6 Å². The second-order valence-corrected chi connectivity index (χ2v) is 7.00. The number of nitrogens with zero attached hydrogens (tertiary/aromatic N) is 1. The number of hydrogen-bond acceptors (Lipinski definition) is 4. The summed E-state index contributed by atoms with van der Waals surface area (Å²) in [5.74, 6) is 0.430. The maximum Gasteiger partial charge on any atom is 0.336 e. The van der Waals surface area contributed by atoms with E-state index in [4.69, 9.17) is 10.00 Å². The third-order valence-corrected chi connectivity index (χ3v) is 5.57. The minimum absolute atomic E-state index is 0.0280. The zero-order valence-electron chi connectivity index (χ0n) is 15.0. The van der Waals surface area contributed by atoms with Crippen molar-refractivity contribution in [3.8, 4) is 11.8 Å². The first-order chi connectivity index (χ1) is 13.1. The number of anilines is 1. The highest BCUT2D eigenvalue weighted by atomic mass is 16.5. The van der Waals surface area contributed by atoms with Crippen molar-refractivity contribution < 1.29 is 14.6 Å². The lowest BCUT2D eigenvalue weighted by molar-refractivity contribution is 0.0696. The van der Waals surface area contributed by atoms with Crippen LogP contribution in [0.5, 0.6) is 5.75 Å². The average Bonchev–Trinajstić information content (AvgIpc) is 3.16. The van der Waals surface area contributed by atoms with Crippen LogP contribution in [0, 0.1) is 24.2 Å². The van der Waals surface area contributed by atoms with Crippen molar-refractivity contribution in [2.75, 3.05) is 11.9 Å². The standard InChI is InChI=1S/C22H20N2O3/c1-13-16(22(25)26)9-10-19-17-3-2-4-18(17)21(24-20(13)19)14-5-7-15(8-6-14)27-12-11-23/h2-3,5-10,17-18,21,24H,4,12H2,1H3,(H,25,26)/t17-,18+,21+/m1/s1. The maximum absolute atomic E-state index is 11.5. The van der Waals surface area contributed by atoms with Gasteiger partial charge in [0.25, 0.3) is 0 Å². The molecule has 2 aliphatic rings. The Hall–Kier alpha value is -3.26. The summed E-state index contributed by atoms with van der Waals surface area (Å²) >= 11 is 0. The van der Waals surface area contributed by atoms with Gasteiger partial charge in [-0.1, -0.05) is 30.4 Å². The van der Waals surface area contributed by atoms with Crippen molar-refractivity contribution in [3.05, 3.63) is 70.8 Å². The number of nitrogens with one attached hydrogen (secondary N) is 1. The van der Waals surface area contributed by atoms with E-state index < -0.39 is 5.97 Å². The molecule has 0 bridgehead atoms. The molecular weight excluding hydrogens is 340 g/mol. The molecule has 1 aliphatic heterocycles. The Labute approximate surface area is 157 Å². The van der Waals surface area contributed by atoms with Crippen molar-refractivity contribution in [1.29, 1.82) is 5.26 Å². The molecule has 0 amide bonds. The quantitative estimate of drug-likeness (QED) is 0.789. The monoisotopic (exact) mass is 360 g/mol. The van der Waals surface area contributed by atoms with Crippen molar-refractivity contribution >= 4 is 11.7 Å². The van der Waals surface area contributed by atoms with E-state index in [1.54, 1.807) is 6.07 Å². The van der Waals surface area contributed by atoms with Gasteiger partial charge in [0.2, 0.25) is 0 Å². The molecule has 0 radical (unpaired) electrons. The highest BCUT2D eigenvalue weighted by Crippen LogP contribution is 2.51. The lowest BCUT2D eigenvalue weighted by Gasteiger charge is -2.38. The molecule has 1 aliphatic carbocycles. The van der Waals surface area contributed by atoms with Gasteiger partial charge in [-0.05, 0) is 54.2 Å². The minimum atomic E-state index is -0.906. The SMILES string of the molecule is Cc1c(C(=O)O)ccc2c1N[C@@H](c1ccc(OCC#N)cc1)[C@H]1CC=C[C@@H]21. The summed E-state index contributed by atoms with van der Waals surface area (Å²) in [6.07, 6.45) is 5.43. The van der Waals surface area contributed by atoms with Gasteiger partial charge in [0, 0.05) is 11.6 Å². The number of rotatable bonds is 4. The fraction of sp³-hybridized carbons (Fsp3) is 0.273. The van der Waals surface area contributed by atoms with Crippen molar-refractivity contribution in [2.45, 2.75) is 25.3 Å². The predicted molar refractivity (Wildman–Crippen MR) is 102 cm³/mol. The smallest absolute Gasteiger partial charge is 0.336 e. The molecule has 136 valence electrons. The second kappa shape index (κ2) is 6.81. The van der Waals surface area contributed by atoms with Crippen molar-refractivity contribution in [3.63, 3.8) is 0 Å². The number of fused-ring (bicyclic) bond motifs is 3. The number of carboxylic acid groups (broad SMARTS) is 1. The number of carbonyl (C=O) groups is 1. The van der Waals surface area contributed by atoms with Crippen LogP contribution in [0.4, 0.5) is 5.69 Å². The van der Waals surface area contributed by atoms with Crippen LogP contribution in [0.1, 0.15) is 45.4 Å². The van der Waals surface area contributed by atoms with E-state index in [2.05, 4.69) is 17.5 Å². The Morgan fingerprint density at radius 2 is 2.07 bits per heavy atom. The molecule has 0 saturated carbocycles. The van der Waals surface area contributed by atoms with Gasteiger partial charge in [0.05, 0.1) is 11.6 Å². The van der Waals surface area contributed by atoms with Gasteiger partial charge in [0.1, 0.15) is 11.8 Å². The van der Waals surface area contributed by atoms with Crippen LogP contribution in [0.25, 0.3) is 0 Å². The van der Waals surface area contributed by atoms with Crippen LogP contribution >= 0.6 is 0 Å². The Morgan fingerprint density at radius 1 is 1.30 bits per heavy atom. The molecule has 2 N–H and O–H groups in total. The van der Waals surface area contributed by atoms with Gasteiger partial charge in [-0.2, -0.15) is 5.26 Å². The number of hydrogen-bond donors (Lipinski definition) is 2. The molecule has 2 aromatic rings. The maximum atomic E-state index is 11.5. The fourth-order valence-electron chi connectivity index (χ4n) is 4.26. The number of ether oxygens (including phenoxy) is 1. The van der Waals surface area contributed by atoms with Crippen molar-refractivity contribution in [1.82, 2.24) is 0 Å². The second-order valence-electron chi connectivity index (χ2n) is 7.00. The third kappa shape index (κ3) is 2.93. The largest absolute Gasteiger partial charge is 0.479 e. The van der Waals surface area contributed by atoms with Gasteiger partial charge >= 0.3 is 5.97 Å². The minimum Gasteiger partial charge on any atom is -0.479 e. The lowest BCUT2D eigenvalue weighted by atomic mass is 9.76. The van der Waals surface area contributed by atoms with E-state index in [0.29, 0.717) is 17.2 Å². The highest BCUT2D eigenvalue weighted by Gasteiger charge is 2.38. The summed E-state index contributed by atoms with van der Waals surface area (Å²) in [6, 6.07) is 13.5. The zero-order valence-corrected chi connectivity index (χ0v) is 15.0. The van der Waals surface area contributed by atoms with Crippen LogP contribution in [0.2, 0.25) is 0 Å². The molecule has 0 spiro atoms. The summed E-state index contributed by atoms with van der Waals surface area (Å²) in [7, 11) is 0. The number of nitriles is 1. The molecule has 0 aromatic heterocycles. The summed E-state index contributed by atoms with van der Waals surface area (Å²) in [4.78, 5) is 11.5. The number of benzene rings is 2. The van der Waals surface area contributed by atoms with E-state index in [-0.39, 0.29) is 18.6 Å². The topological polar surface area (TPSA) is 82.3 Å². The average molecular weight is 360 g/mol. The molecule has 3 atom stereocenters. The van der Waals surface area contributed by atoms with E-state index in [1.807, 2.05) is 43.3 Å². The van der Waals surface area contributed by atoms with Crippen LogP contribution in [-0.2, 0) is 0 Å². The lowest BCUT2D eigenvalue weighted by Crippen LogP contribution is -2.30. The molecule has 4 rings (SSSR count). The van der Waals surface area contributed by atoms with Gasteiger partial charge in [-0.15, -0.1) is 0 Å². The van der Waals surface area contributed by atoms with Crippen LogP contribution in [-0.4, -0.2) is 17.7 Å². The van der Waals surface area contributed by atoms with E-state index in [9.17, 15) is 9.90 Å². The summed E-state index contributed by atoms with van der Waals surface area (Å²) in [5.41, 5.74) is 4.33. The summed E-state index contributed by atoms with van der Waals surface area (Å²) < 4.78 is 5.34. The predicted octanol–water partition coefficient (Wildman–Crippen LogP) is 4.42. The Kier molecular flexibility index (Phi) is 4.33. The van der Waals surface area contributed by atoms with E-state index in [0.717, 1.165) is 23.2 Å². The number of carboxylic acids is 1.